The molecule has 0 bridgehead atoms. The average molecular weight is 283 g/mol. The molecule has 0 radical (unpaired) electrons. The number of anilines is 1. The topological polar surface area (TPSA) is 75.4 Å². The molecule has 0 saturated carbocycles. The second-order valence-electron chi connectivity index (χ2n) is 4.96. The first kappa shape index (κ1) is 14.3. The van der Waals surface area contributed by atoms with Crippen LogP contribution in [0.2, 0.25) is 0 Å². The van der Waals surface area contributed by atoms with Gasteiger partial charge in [-0.3, -0.25) is 5.84 Å². The predicted octanol–water partition coefficient (Wildman–Crippen LogP) is 1.92. The largest absolute Gasteiger partial charge is 0.323 e. The molecule has 0 amide bonds. The number of nitrogens with one attached hydrogen (secondary N) is 1. The maximum Gasteiger partial charge on any atom is 0.245 e. The van der Waals surface area contributed by atoms with Gasteiger partial charge in [0.05, 0.1) is 5.69 Å². The summed E-state index contributed by atoms with van der Waals surface area (Å²) < 4.78 is 27.3. The minimum atomic E-state index is -3.50. The standard InChI is InChI=1S/C13H21N3O2S/c1-3-11-9-8-10(2)16(11)19(17,18)13-7-5-4-6-12(13)15-14/h4-7,10-11,15H,3,8-9,14H2,1-2H3. The third kappa shape index (κ3) is 2.48. The van der Waals surface area contributed by atoms with E-state index in [9.17, 15) is 8.42 Å². The lowest BCUT2D eigenvalue weighted by Gasteiger charge is -2.27. The number of para-hydroxylation sites is 1. The van der Waals surface area contributed by atoms with E-state index in [4.69, 9.17) is 5.84 Å². The monoisotopic (exact) mass is 283 g/mol. The van der Waals surface area contributed by atoms with Gasteiger partial charge in [0, 0.05) is 12.1 Å². The molecule has 2 atom stereocenters. The maximum absolute atomic E-state index is 12.8. The smallest absolute Gasteiger partial charge is 0.245 e. The summed E-state index contributed by atoms with van der Waals surface area (Å²) in [6, 6.07) is 6.89. The molecular weight excluding hydrogens is 262 g/mol. The molecule has 3 N–H and O–H groups in total. The lowest BCUT2D eigenvalue weighted by molar-refractivity contribution is 0.329. The molecule has 19 heavy (non-hydrogen) atoms. The molecule has 0 spiro atoms. The van der Waals surface area contributed by atoms with E-state index in [2.05, 4.69) is 5.43 Å². The van der Waals surface area contributed by atoms with Gasteiger partial charge in [0.15, 0.2) is 0 Å². The fraction of sp³-hybridized carbons (Fsp3) is 0.538. The van der Waals surface area contributed by atoms with Crippen LogP contribution in [0.5, 0.6) is 0 Å². The third-order valence-corrected chi connectivity index (χ3v) is 5.91. The second-order valence-corrected chi connectivity index (χ2v) is 6.78. The van der Waals surface area contributed by atoms with Crippen LogP contribution in [0.4, 0.5) is 5.69 Å². The summed E-state index contributed by atoms with van der Waals surface area (Å²) in [5.41, 5.74) is 2.91. The lowest BCUT2D eigenvalue weighted by atomic mass is 10.2. The average Bonchev–Trinajstić information content (AvgIpc) is 2.80. The molecule has 1 aromatic rings. The molecule has 1 fully saturated rings. The van der Waals surface area contributed by atoms with Crippen molar-refractivity contribution in [3.05, 3.63) is 24.3 Å². The van der Waals surface area contributed by atoms with Crippen LogP contribution < -0.4 is 11.3 Å². The SMILES string of the molecule is CCC1CCC(C)N1S(=O)(=O)c1ccccc1NN. The molecule has 5 nitrogen and oxygen atoms in total. The van der Waals surface area contributed by atoms with E-state index >= 15 is 0 Å². The molecule has 1 heterocycles. The molecule has 0 aliphatic carbocycles. The maximum atomic E-state index is 12.8. The van der Waals surface area contributed by atoms with Crippen molar-refractivity contribution < 1.29 is 8.42 Å². The fourth-order valence-electron chi connectivity index (χ4n) is 2.79. The minimum absolute atomic E-state index is 0.0424. The van der Waals surface area contributed by atoms with Gasteiger partial charge in [-0.25, -0.2) is 8.42 Å². The summed E-state index contributed by atoms with van der Waals surface area (Å²) >= 11 is 0. The molecule has 2 rings (SSSR count). The molecule has 2 unspecified atom stereocenters. The molecule has 6 heteroatoms. The molecule has 1 aliphatic heterocycles. The van der Waals surface area contributed by atoms with Crippen molar-refractivity contribution in [2.45, 2.75) is 50.1 Å². The van der Waals surface area contributed by atoms with Gasteiger partial charge in [-0.1, -0.05) is 19.1 Å². The fourth-order valence-corrected chi connectivity index (χ4v) is 4.90. The highest BCUT2D eigenvalue weighted by Crippen LogP contribution is 2.34. The minimum Gasteiger partial charge on any atom is -0.323 e. The predicted molar refractivity (Wildman–Crippen MR) is 76.1 cm³/mol. The number of nitrogen functional groups attached to an aromatic ring is 1. The normalized spacial score (nSPS) is 24.6. The number of hydrogen-bond acceptors (Lipinski definition) is 4. The summed E-state index contributed by atoms with van der Waals surface area (Å²) in [6.45, 7) is 3.99. The highest BCUT2D eigenvalue weighted by Gasteiger charge is 2.39. The first-order chi connectivity index (χ1) is 9.02. The van der Waals surface area contributed by atoms with Gasteiger partial charge in [0.1, 0.15) is 4.90 Å². The Hall–Kier alpha value is -1.11. The number of sulfonamides is 1. The van der Waals surface area contributed by atoms with Crippen molar-refractivity contribution in [3.8, 4) is 0 Å². The quantitative estimate of drug-likeness (QED) is 0.654. The zero-order valence-corrected chi connectivity index (χ0v) is 12.2. The Labute approximate surface area is 114 Å². The Morgan fingerprint density at radius 2 is 2.05 bits per heavy atom. The Bertz CT molecular complexity index is 545. The number of benzene rings is 1. The van der Waals surface area contributed by atoms with E-state index in [1.54, 1.807) is 28.6 Å². The van der Waals surface area contributed by atoms with Crippen LogP contribution >= 0.6 is 0 Å². The van der Waals surface area contributed by atoms with Crippen LogP contribution in [-0.2, 0) is 10.0 Å². The highest BCUT2D eigenvalue weighted by molar-refractivity contribution is 7.89. The van der Waals surface area contributed by atoms with E-state index in [1.807, 2.05) is 13.8 Å². The van der Waals surface area contributed by atoms with Gasteiger partial charge in [-0.05, 0) is 38.3 Å². The third-order valence-electron chi connectivity index (χ3n) is 3.78. The van der Waals surface area contributed by atoms with Crippen molar-refractivity contribution in [2.75, 3.05) is 5.43 Å². The Balaban J connectivity index is 2.47. The summed E-state index contributed by atoms with van der Waals surface area (Å²) in [6.07, 6.45) is 2.67. The van der Waals surface area contributed by atoms with Crippen LogP contribution in [0.3, 0.4) is 0 Å². The molecule has 0 aromatic heterocycles. The van der Waals surface area contributed by atoms with E-state index in [0.29, 0.717) is 5.69 Å². The first-order valence-electron chi connectivity index (χ1n) is 6.61. The Morgan fingerprint density at radius 3 is 2.68 bits per heavy atom. The van der Waals surface area contributed by atoms with Gasteiger partial charge in [-0.2, -0.15) is 4.31 Å². The van der Waals surface area contributed by atoms with Crippen LogP contribution in [-0.4, -0.2) is 24.8 Å². The van der Waals surface area contributed by atoms with Gasteiger partial charge >= 0.3 is 0 Å². The molecular formula is C13H21N3O2S. The molecule has 1 aromatic carbocycles. The molecule has 106 valence electrons. The summed E-state index contributed by atoms with van der Waals surface area (Å²) in [5, 5.41) is 0. The van der Waals surface area contributed by atoms with Crippen LogP contribution in [0.25, 0.3) is 0 Å². The number of nitrogens with zero attached hydrogens (tertiary/aromatic N) is 1. The summed E-state index contributed by atoms with van der Waals surface area (Å²) in [5.74, 6) is 5.41. The van der Waals surface area contributed by atoms with Gasteiger partial charge in [-0.15, -0.1) is 0 Å². The van der Waals surface area contributed by atoms with Crippen molar-refractivity contribution >= 4 is 15.7 Å². The van der Waals surface area contributed by atoms with Crippen LogP contribution in [0.15, 0.2) is 29.2 Å². The van der Waals surface area contributed by atoms with Gasteiger partial charge in [0.2, 0.25) is 10.0 Å². The Kier molecular flexibility index (Phi) is 4.13. The molecule has 1 saturated heterocycles. The number of hydrazine groups is 1. The zero-order chi connectivity index (χ0) is 14.0. The van der Waals surface area contributed by atoms with Crippen LogP contribution in [0.1, 0.15) is 33.1 Å². The van der Waals surface area contributed by atoms with Gasteiger partial charge in [0.25, 0.3) is 0 Å². The second kappa shape index (κ2) is 5.48. The van der Waals surface area contributed by atoms with Crippen LogP contribution in [0, 0.1) is 0 Å². The van der Waals surface area contributed by atoms with E-state index < -0.39 is 10.0 Å². The van der Waals surface area contributed by atoms with E-state index in [0.717, 1.165) is 19.3 Å². The first-order valence-corrected chi connectivity index (χ1v) is 8.05. The van der Waals surface area contributed by atoms with Gasteiger partial charge < -0.3 is 5.43 Å². The van der Waals surface area contributed by atoms with E-state index in [-0.39, 0.29) is 17.0 Å². The van der Waals surface area contributed by atoms with E-state index in [1.165, 1.54) is 0 Å². The Morgan fingerprint density at radius 1 is 1.37 bits per heavy atom. The molecule has 1 aliphatic rings. The lowest BCUT2D eigenvalue weighted by Crippen LogP contribution is -2.40. The number of nitrogens with two attached hydrogens (primary N) is 1. The van der Waals surface area contributed by atoms with Crippen molar-refractivity contribution in [1.29, 1.82) is 0 Å². The van der Waals surface area contributed by atoms with Crippen molar-refractivity contribution in [1.82, 2.24) is 4.31 Å². The number of hydrogen-bond donors (Lipinski definition) is 2. The highest BCUT2D eigenvalue weighted by atomic mass is 32.2. The summed E-state index contributed by atoms with van der Waals surface area (Å²) in [7, 11) is -3.50. The zero-order valence-electron chi connectivity index (χ0n) is 11.3. The van der Waals surface area contributed by atoms with Crippen molar-refractivity contribution in [3.63, 3.8) is 0 Å². The number of rotatable bonds is 4. The van der Waals surface area contributed by atoms with Crippen molar-refractivity contribution in [2.24, 2.45) is 5.84 Å². The summed E-state index contributed by atoms with van der Waals surface area (Å²) in [4.78, 5) is 0.254.